The predicted octanol–water partition coefficient (Wildman–Crippen LogP) is 1.55. The van der Waals surface area contributed by atoms with Crippen LogP contribution in [0.1, 0.15) is 5.56 Å². The van der Waals surface area contributed by atoms with Crippen LogP contribution in [0.3, 0.4) is 0 Å². The molecule has 4 nitrogen and oxygen atoms in total. The molecule has 1 aliphatic heterocycles. The lowest BCUT2D eigenvalue weighted by Crippen LogP contribution is -2.42. The van der Waals surface area contributed by atoms with Crippen molar-refractivity contribution in [1.29, 1.82) is 5.26 Å². The third kappa shape index (κ3) is 2.26. The van der Waals surface area contributed by atoms with E-state index < -0.39 is 0 Å². The molecule has 0 saturated carbocycles. The fourth-order valence-corrected chi connectivity index (χ4v) is 1.95. The number of aromatic nitrogens is 1. The number of ether oxygens (including phenoxy) is 1. The van der Waals surface area contributed by atoms with Crippen molar-refractivity contribution in [1.82, 2.24) is 4.98 Å². The summed E-state index contributed by atoms with van der Waals surface area (Å²) in [4.78, 5) is 6.37. The van der Waals surface area contributed by atoms with E-state index in [1.807, 2.05) is 12.1 Å². The van der Waals surface area contributed by atoms with Crippen LogP contribution in [-0.4, -0.2) is 30.8 Å². The highest BCUT2D eigenvalue weighted by atomic mass is 35.5. The summed E-state index contributed by atoms with van der Waals surface area (Å²) >= 11 is 5.86. The molecule has 1 aromatic rings. The molecule has 0 radical (unpaired) electrons. The quantitative estimate of drug-likeness (QED) is 0.733. The summed E-state index contributed by atoms with van der Waals surface area (Å²) in [5, 5.41) is 8.83. The SMILES string of the molecule is N#CC1CN(c2ncccc2CCl)CCO1. The molecular formula is C11H12ClN3O. The molecule has 0 aromatic carbocycles. The Labute approximate surface area is 99.4 Å². The van der Waals surface area contributed by atoms with Crippen LogP contribution in [0, 0.1) is 11.3 Å². The van der Waals surface area contributed by atoms with Gasteiger partial charge in [0, 0.05) is 18.3 Å². The Morgan fingerprint density at radius 1 is 1.69 bits per heavy atom. The topological polar surface area (TPSA) is 49.2 Å². The van der Waals surface area contributed by atoms with Crippen LogP contribution in [0.25, 0.3) is 0 Å². The van der Waals surface area contributed by atoms with E-state index in [1.165, 1.54) is 0 Å². The predicted molar refractivity (Wildman–Crippen MR) is 61.4 cm³/mol. The summed E-state index contributed by atoms with van der Waals surface area (Å²) in [6.45, 7) is 1.85. The minimum absolute atomic E-state index is 0.376. The van der Waals surface area contributed by atoms with Gasteiger partial charge in [-0.1, -0.05) is 6.07 Å². The number of hydrogen-bond donors (Lipinski definition) is 0. The van der Waals surface area contributed by atoms with E-state index in [-0.39, 0.29) is 6.10 Å². The molecule has 84 valence electrons. The first-order chi connectivity index (χ1) is 7.85. The average molecular weight is 238 g/mol. The molecule has 1 fully saturated rings. The molecular weight excluding hydrogens is 226 g/mol. The number of rotatable bonds is 2. The Kier molecular flexibility index (Phi) is 3.60. The molecule has 0 N–H and O–H groups in total. The van der Waals surface area contributed by atoms with E-state index in [9.17, 15) is 0 Å². The lowest BCUT2D eigenvalue weighted by atomic mass is 10.2. The van der Waals surface area contributed by atoms with E-state index in [4.69, 9.17) is 21.6 Å². The maximum atomic E-state index is 8.83. The van der Waals surface area contributed by atoms with Crippen molar-refractivity contribution in [2.45, 2.75) is 12.0 Å². The zero-order valence-corrected chi connectivity index (χ0v) is 9.52. The second-order valence-electron chi connectivity index (χ2n) is 3.55. The molecule has 1 saturated heterocycles. The van der Waals surface area contributed by atoms with Gasteiger partial charge >= 0.3 is 0 Å². The van der Waals surface area contributed by atoms with Crippen molar-refractivity contribution in [2.24, 2.45) is 0 Å². The average Bonchev–Trinajstić information content (AvgIpc) is 2.38. The summed E-state index contributed by atoms with van der Waals surface area (Å²) in [5.41, 5.74) is 0.989. The van der Waals surface area contributed by atoms with Crippen molar-refractivity contribution in [3.8, 4) is 6.07 Å². The fourth-order valence-electron chi connectivity index (χ4n) is 1.74. The number of nitrogens with zero attached hydrogens (tertiary/aromatic N) is 3. The van der Waals surface area contributed by atoms with Crippen LogP contribution in [-0.2, 0) is 10.6 Å². The van der Waals surface area contributed by atoms with Gasteiger partial charge in [-0.25, -0.2) is 4.98 Å². The van der Waals surface area contributed by atoms with Gasteiger partial charge < -0.3 is 9.64 Å². The van der Waals surface area contributed by atoms with Crippen molar-refractivity contribution in [3.63, 3.8) is 0 Å². The molecule has 2 heterocycles. The molecule has 2 rings (SSSR count). The Balaban J connectivity index is 2.20. The van der Waals surface area contributed by atoms with Crippen LogP contribution in [0.4, 0.5) is 5.82 Å². The first-order valence-corrected chi connectivity index (χ1v) is 5.64. The Morgan fingerprint density at radius 2 is 2.56 bits per heavy atom. The first-order valence-electron chi connectivity index (χ1n) is 5.11. The number of halogens is 1. The normalized spacial score (nSPS) is 20.5. The van der Waals surface area contributed by atoms with E-state index in [2.05, 4.69) is 16.0 Å². The highest BCUT2D eigenvalue weighted by Crippen LogP contribution is 2.21. The van der Waals surface area contributed by atoms with E-state index in [0.29, 0.717) is 19.0 Å². The van der Waals surface area contributed by atoms with Crippen LogP contribution in [0.15, 0.2) is 18.3 Å². The molecule has 0 bridgehead atoms. The number of alkyl halides is 1. The van der Waals surface area contributed by atoms with Gasteiger partial charge in [0.2, 0.25) is 0 Å². The van der Waals surface area contributed by atoms with E-state index in [0.717, 1.165) is 17.9 Å². The number of hydrogen-bond acceptors (Lipinski definition) is 4. The second-order valence-corrected chi connectivity index (χ2v) is 3.82. The minimum Gasteiger partial charge on any atom is -0.360 e. The summed E-state index contributed by atoms with van der Waals surface area (Å²) in [6.07, 6.45) is 1.36. The maximum Gasteiger partial charge on any atom is 0.161 e. The van der Waals surface area contributed by atoms with Crippen molar-refractivity contribution < 1.29 is 4.74 Å². The molecule has 0 amide bonds. The smallest absolute Gasteiger partial charge is 0.161 e. The molecule has 5 heteroatoms. The monoisotopic (exact) mass is 237 g/mol. The van der Waals surface area contributed by atoms with Gasteiger partial charge in [0.05, 0.1) is 25.1 Å². The van der Waals surface area contributed by atoms with E-state index >= 15 is 0 Å². The van der Waals surface area contributed by atoms with E-state index in [1.54, 1.807) is 6.20 Å². The zero-order chi connectivity index (χ0) is 11.4. The lowest BCUT2D eigenvalue weighted by Gasteiger charge is -2.31. The van der Waals surface area contributed by atoms with Gasteiger partial charge in [0.15, 0.2) is 6.10 Å². The van der Waals surface area contributed by atoms with Crippen molar-refractivity contribution >= 4 is 17.4 Å². The Hall–Kier alpha value is -1.31. The summed E-state index contributed by atoms with van der Waals surface area (Å²) in [7, 11) is 0. The summed E-state index contributed by atoms with van der Waals surface area (Å²) < 4.78 is 5.29. The molecule has 1 aromatic heterocycles. The maximum absolute atomic E-state index is 8.83. The molecule has 16 heavy (non-hydrogen) atoms. The van der Waals surface area contributed by atoms with Crippen LogP contribution in [0.2, 0.25) is 0 Å². The molecule has 0 spiro atoms. The molecule has 1 unspecified atom stereocenters. The number of nitriles is 1. The fraction of sp³-hybridized carbons (Fsp3) is 0.455. The standard InChI is InChI=1S/C11H12ClN3O/c12-6-9-2-1-3-14-11(9)15-4-5-16-10(7-13)8-15/h1-3,10H,4-6,8H2. The summed E-state index contributed by atoms with van der Waals surface area (Å²) in [5.74, 6) is 1.29. The number of pyridine rings is 1. The highest BCUT2D eigenvalue weighted by molar-refractivity contribution is 6.17. The van der Waals surface area contributed by atoms with Crippen molar-refractivity contribution in [2.75, 3.05) is 24.6 Å². The minimum atomic E-state index is -0.376. The van der Waals surface area contributed by atoms with Gasteiger partial charge in [0.25, 0.3) is 0 Å². The number of morpholine rings is 1. The largest absolute Gasteiger partial charge is 0.360 e. The first kappa shape index (κ1) is 11.2. The van der Waals surface area contributed by atoms with Gasteiger partial charge in [-0.05, 0) is 6.07 Å². The van der Waals surface area contributed by atoms with Crippen LogP contribution >= 0.6 is 11.6 Å². The Morgan fingerprint density at radius 3 is 3.31 bits per heavy atom. The third-order valence-corrected chi connectivity index (χ3v) is 2.81. The van der Waals surface area contributed by atoms with Crippen molar-refractivity contribution in [3.05, 3.63) is 23.9 Å². The Bertz CT molecular complexity index is 404. The zero-order valence-electron chi connectivity index (χ0n) is 8.77. The van der Waals surface area contributed by atoms with Gasteiger partial charge in [0.1, 0.15) is 5.82 Å². The molecule has 0 aliphatic carbocycles. The lowest BCUT2D eigenvalue weighted by molar-refractivity contribution is 0.0761. The summed E-state index contributed by atoms with van der Waals surface area (Å²) in [6, 6.07) is 5.93. The molecule has 1 aliphatic rings. The van der Waals surface area contributed by atoms with Gasteiger partial charge in [-0.3, -0.25) is 0 Å². The highest BCUT2D eigenvalue weighted by Gasteiger charge is 2.22. The van der Waals surface area contributed by atoms with Gasteiger partial charge in [-0.2, -0.15) is 5.26 Å². The van der Waals surface area contributed by atoms with Crippen LogP contribution < -0.4 is 4.90 Å². The van der Waals surface area contributed by atoms with Gasteiger partial charge in [-0.15, -0.1) is 11.6 Å². The number of anilines is 1. The second kappa shape index (κ2) is 5.15. The molecule has 1 atom stereocenters. The third-order valence-electron chi connectivity index (χ3n) is 2.52. The van der Waals surface area contributed by atoms with Crippen LogP contribution in [0.5, 0.6) is 0 Å².